The number of amides is 2. The summed E-state index contributed by atoms with van der Waals surface area (Å²) < 4.78 is 52.6. The van der Waals surface area contributed by atoms with Crippen LogP contribution in [0.4, 0.5) is 14.5 Å². The number of benzene rings is 1. The van der Waals surface area contributed by atoms with E-state index < -0.39 is 52.1 Å². The molecule has 0 radical (unpaired) electrons. The maximum absolute atomic E-state index is 13.3. The molecule has 212 valence electrons. The van der Waals surface area contributed by atoms with E-state index in [2.05, 4.69) is 21.5 Å². The Morgan fingerprint density at radius 3 is 2.45 bits per heavy atom. The van der Waals surface area contributed by atoms with E-state index >= 15 is 0 Å². The van der Waals surface area contributed by atoms with Crippen LogP contribution in [0.2, 0.25) is 0 Å². The van der Waals surface area contributed by atoms with Gasteiger partial charge in [0.25, 0.3) is 5.91 Å². The van der Waals surface area contributed by atoms with Crippen LogP contribution in [0.3, 0.4) is 0 Å². The predicted molar refractivity (Wildman–Crippen MR) is 141 cm³/mol. The van der Waals surface area contributed by atoms with E-state index in [1.165, 1.54) is 44.6 Å². The predicted octanol–water partition coefficient (Wildman–Crippen LogP) is 2.22. The molecule has 1 saturated carbocycles. The number of rotatable bonds is 6. The lowest BCUT2D eigenvalue weighted by molar-refractivity contribution is -0.162. The van der Waals surface area contributed by atoms with Gasteiger partial charge in [0.15, 0.2) is 0 Å². The zero-order chi connectivity index (χ0) is 28.9. The highest BCUT2D eigenvalue weighted by atomic mass is 32.2. The van der Waals surface area contributed by atoms with Gasteiger partial charge in [-0.15, -0.1) is 0 Å². The van der Waals surface area contributed by atoms with Gasteiger partial charge in [-0.2, -0.15) is 5.26 Å². The molecule has 11 nitrogen and oxygen atoms in total. The highest BCUT2D eigenvalue weighted by molar-refractivity contribution is 7.89. The number of sulfonamides is 1. The van der Waals surface area contributed by atoms with E-state index in [1.807, 2.05) is 0 Å². The molecule has 0 aromatic heterocycles. The van der Waals surface area contributed by atoms with Crippen molar-refractivity contribution >= 4 is 39.6 Å². The summed E-state index contributed by atoms with van der Waals surface area (Å²) in [6, 6.07) is 8.16. The number of nitrogens with zero attached hydrogens (tertiary/aromatic N) is 6. The number of hydrazine groups is 1. The first-order valence-electron chi connectivity index (χ1n) is 12.9. The van der Waals surface area contributed by atoms with Gasteiger partial charge in [0.05, 0.1) is 34.3 Å². The van der Waals surface area contributed by atoms with E-state index in [0.29, 0.717) is 24.2 Å². The summed E-state index contributed by atoms with van der Waals surface area (Å²) in [6.45, 7) is 0.573. The molecular formula is C26H29F2N7O4S. The summed E-state index contributed by atoms with van der Waals surface area (Å²) in [5, 5.41) is 11.5. The van der Waals surface area contributed by atoms with Crippen LogP contribution in [-0.2, 0) is 19.6 Å². The van der Waals surface area contributed by atoms with Crippen LogP contribution in [-0.4, -0.2) is 85.1 Å². The summed E-state index contributed by atoms with van der Waals surface area (Å²) in [5.41, 5.74) is 3.40. The highest BCUT2D eigenvalue weighted by Crippen LogP contribution is 2.45. The van der Waals surface area contributed by atoms with Crippen molar-refractivity contribution in [1.82, 2.24) is 19.6 Å². The highest BCUT2D eigenvalue weighted by Gasteiger charge is 2.53. The Morgan fingerprint density at radius 1 is 1.23 bits per heavy atom. The zero-order valence-electron chi connectivity index (χ0n) is 22.0. The van der Waals surface area contributed by atoms with Gasteiger partial charge in [0.1, 0.15) is 11.8 Å². The molecule has 3 fully saturated rings. The number of piperidine rings is 1. The van der Waals surface area contributed by atoms with E-state index in [9.17, 15) is 32.0 Å². The molecule has 1 atom stereocenters. The molecular weight excluding hydrogens is 544 g/mol. The van der Waals surface area contributed by atoms with E-state index in [1.54, 1.807) is 16.0 Å². The fraction of sp³-hybridized carbons (Fsp3) is 0.500. The Labute approximate surface area is 230 Å². The summed E-state index contributed by atoms with van der Waals surface area (Å²) in [7, 11) is -0.749. The lowest BCUT2D eigenvalue weighted by atomic mass is 9.78. The van der Waals surface area contributed by atoms with E-state index in [4.69, 9.17) is 0 Å². The fourth-order valence-electron chi connectivity index (χ4n) is 5.58. The van der Waals surface area contributed by atoms with Crippen molar-refractivity contribution in [3.8, 4) is 6.07 Å². The molecule has 3 aliphatic heterocycles. The third-order valence-corrected chi connectivity index (χ3v) is 9.77. The number of nitrogens with one attached hydrogen (secondary N) is 1. The molecule has 5 rings (SSSR count). The Bertz CT molecular complexity index is 1450. The molecule has 14 heteroatoms. The van der Waals surface area contributed by atoms with Crippen LogP contribution in [0.25, 0.3) is 0 Å². The second-order valence-electron chi connectivity index (χ2n) is 10.7. The normalized spacial score (nSPS) is 24.8. The van der Waals surface area contributed by atoms with Crippen molar-refractivity contribution in [1.29, 1.82) is 5.26 Å². The third kappa shape index (κ3) is 4.88. The smallest absolute Gasteiger partial charge is 0.262 e. The average molecular weight is 574 g/mol. The summed E-state index contributed by atoms with van der Waals surface area (Å²) in [4.78, 5) is 35.9. The van der Waals surface area contributed by atoms with Crippen LogP contribution in [0.1, 0.15) is 32.1 Å². The molecule has 1 aliphatic carbocycles. The monoisotopic (exact) mass is 573 g/mol. The molecule has 1 unspecified atom stereocenters. The topological polar surface area (TPSA) is 139 Å². The van der Waals surface area contributed by atoms with E-state index in [-0.39, 0.29) is 36.1 Å². The molecule has 2 saturated heterocycles. The van der Waals surface area contributed by atoms with Crippen LogP contribution < -0.4 is 5.43 Å². The first-order valence-corrected chi connectivity index (χ1v) is 14.3. The number of carbonyl (C=O) groups excluding carboxylic acids is 2. The molecule has 1 aromatic rings. The number of carbonyl (C=O) groups is 2. The summed E-state index contributed by atoms with van der Waals surface area (Å²) in [5.74, 6) is -4.76. The van der Waals surface area contributed by atoms with E-state index in [0.717, 1.165) is 4.31 Å². The minimum Gasteiger partial charge on any atom is -0.342 e. The molecule has 4 aliphatic rings. The van der Waals surface area contributed by atoms with Gasteiger partial charge in [0, 0.05) is 52.2 Å². The molecule has 1 aromatic carbocycles. The SMILES string of the molecule is CN(C)S(=O)(=O)c1ccc(N=C2NN(C3(CC#N)CCN(C(=O)C4CC(F)(F)C4)CC3)C3=CC=NC(=O)C32)cc1. The Balaban J connectivity index is 1.39. The number of dihydropyridines is 1. The first kappa shape index (κ1) is 27.9. The van der Waals surface area contributed by atoms with Crippen molar-refractivity contribution in [2.24, 2.45) is 21.8 Å². The Morgan fingerprint density at radius 2 is 1.88 bits per heavy atom. The van der Waals surface area contributed by atoms with Crippen molar-refractivity contribution in [2.45, 2.75) is 48.5 Å². The lowest BCUT2D eigenvalue weighted by Crippen LogP contribution is -2.59. The second kappa shape index (κ2) is 10.0. The number of hydrogen-bond donors (Lipinski definition) is 1. The molecule has 0 bridgehead atoms. The van der Waals surface area contributed by atoms with Crippen LogP contribution >= 0.6 is 0 Å². The first-order chi connectivity index (χ1) is 18.9. The maximum Gasteiger partial charge on any atom is 0.262 e. The standard InChI is InChI=1S/C26H29F2N7O4S/c1-33(2)40(38,39)19-5-3-18(4-6-19)31-22-21-20(7-12-30-23(21)36)35(32-22)25(8-11-29)9-13-34(14-10-25)24(37)17-15-26(27,28)16-17/h3-7,12,17,21H,8-10,13-16H2,1-2H3,(H,31,32). The number of fused-ring (bicyclic) bond motifs is 1. The van der Waals surface area contributed by atoms with Crippen LogP contribution in [0, 0.1) is 23.2 Å². The van der Waals surface area contributed by atoms with Gasteiger partial charge in [-0.3, -0.25) is 20.0 Å². The minimum atomic E-state index is -3.62. The van der Waals surface area contributed by atoms with Crippen molar-refractivity contribution in [2.75, 3.05) is 27.2 Å². The Hall–Kier alpha value is -3.70. The number of likely N-dealkylation sites (tertiary alicyclic amines) is 1. The van der Waals surface area contributed by atoms with Crippen LogP contribution in [0.15, 0.2) is 50.9 Å². The zero-order valence-corrected chi connectivity index (χ0v) is 22.9. The molecule has 3 heterocycles. The Kier molecular flexibility index (Phi) is 6.99. The number of aliphatic imine (C=N–C) groups is 2. The van der Waals surface area contributed by atoms with Gasteiger partial charge < -0.3 is 4.90 Å². The van der Waals surface area contributed by atoms with Gasteiger partial charge in [0.2, 0.25) is 21.9 Å². The molecule has 1 N–H and O–H groups in total. The van der Waals surface area contributed by atoms with Crippen molar-refractivity contribution < 1.29 is 26.8 Å². The minimum absolute atomic E-state index is 0.0866. The fourth-order valence-corrected chi connectivity index (χ4v) is 6.48. The summed E-state index contributed by atoms with van der Waals surface area (Å²) >= 11 is 0. The lowest BCUT2D eigenvalue weighted by Gasteiger charge is -2.48. The number of alkyl halides is 2. The summed E-state index contributed by atoms with van der Waals surface area (Å²) in [6.07, 6.45) is 3.05. The number of hydrogen-bond acceptors (Lipinski definition) is 7. The number of nitriles is 1. The van der Waals surface area contributed by atoms with Gasteiger partial charge in [-0.1, -0.05) is 0 Å². The van der Waals surface area contributed by atoms with Crippen molar-refractivity contribution in [3.63, 3.8) is 0 Å². The second-order valence-corrected chi connectivity index (χ2v) is 12.9. The number of amidine groups is 1. The average Bonchev–Trinajstić information content (AvgIpc) is 3.28. The maximum atomic E-state index is 13.3. The van der Waals surface area contributed by atoms with Gasteiger partial charge in [-0.25, -0.2) is 31.5 Å². The number of allylic oxidation sites excluding steroid dienone is 1. The van der Waals surface area contributed by atoms with Crippen molar-refractivity contribution in [3.05, 3.63) is 36.0 Å². The quantitative estimate of drug-likeness (QED) is 0.551. The molecule has 0 spiro atoms. The number of halogens is 2. The third-order valence-electron chi connectivity index (χ3n) is 7.94. The van der Waals surface area contributed by atoms with Gasteiger partial charge in [-0.05, 0) is 43.2 Å². The largest absolute Gasteiger partial charge is 0.342 e. The molecule has 40 heavy (non-hydrogen) atoms. The van der Waals surface area contributed by atoms with Crippen LogP contribution in [0.5, 0.6) is 0 Å². The molecule has 2 amide bonds. The van der Waals surface area contributed by atoms with Gasteiger partial charge >= 0.3 is 0 Å².